The van der Waals surface area contributed by atoms with Gasteiger partial charge >= 0.3 is 0 Å². The molecule has 0 aliphatic carbocycles. The van der Waals surface area contributed by atoms with Crippen LogP contribution >= 0.6 is 24.0 Å². The van der Waals surface area contributed by atoms with Gasteiger partial charge in [0.15, 0.2) is 4.32 Å². The van der Waals surface area contributed by atoms with Crippen molar-refractivity contribution in [3.05, 3.63) is 100 Å². The van der Waals surface area contributed by atoms with Crippen LogP contribution in [0, 0.1) is 12.7 Å². The Morgan fingerprint density at radius 1 is 1.07 bits per heavy atom. The summed E-state index contributed by atoms with van der Waals surface area (Å²) in [4.78, 5) is 15.1. The van der Waals surface area contributed by atoms with E-state index in [9.17, 15) is 9.18 Å². The van der Waals surface area contributed by atoms with E-state index in [1.54, 1.807) is 23.1 Å². The molecule has 3 nitrogen and oxygen atoms in total. The molecule has 3 aromatic rings. The number of amides is 1. The largest absolute Gasteiger partial charge is 0.488 e. The Morgan fingerprint density at radius 3 is 2.60 bits per heavy atom. The van der Waals surface area contributed by atoms with Gasteiger partial charge in [-0.1, -0.05) is 66.4 Å². The summed E-state index contributed by atoms with van der Waals surface area (Å²) in [6.07, 6.45) is 1.80. The highest BCUT2D eigenvalue weighted by Gasteiger charge is 2.33. The number of hydrogen-bond acceptors (Lipinski definition) is 4. The van der Waals surface area contributed by atoms with E-state index in [1.807, 2.05) is 55.5 Å². The normalized spacial score (nSPS) is 15.1. The van der Waals surface area contributed by atoms with Crippen LogP contribution < -0.4 is 9.64 Å². The number of ether oxygens (including phenoxy) is 1. The average Bonchev–Trinajstić information content (AvgIpc) is 3.01. The third kappa shape index (κ3) is 4.45. The minimum absolute atomic E-state index is 0.149. The molecular weight excluding hydrogens is 417 g/mol. The topological polar surface area (TPSA) is 29.5 Å². The van der Waals surface area contributed by atoms with Crippen LogP contribution in [0.15, 0.2) is 77.7 Å². The van der Waals surface area contributed by atoms with Crippen molar-refractivity contribution >= 4 is 46.0 Å². The monoisotopic (exact) mass is 435 g/mol. The van der Waals surface area contributed by atoms with Gasteiger partial charge in [0.25, 0.3) is 5.91 Å². The molecule has 150 valence electrons. The molecule has 0 saturated carbocycles. The zero-order valence-electron chi connectivity index (χ0n) is 16.2. The Kier molecular flexibility index (Phi) is 5.97. The van der Waals surface area contributed by atoms with Crippen LogP contribution in [0.5, 0.6) is 5.75 Å². The van der Waals surface area contributed by atoms with E-state index < -0.39 is 0 Å². The van der Waals surface area contributed by atoms with E-state index in [4.69, 9.17) is 17.0 Å². The second-order valence-corrected chi connectivity index (χ2v) is 8.48. The zero-order valence-corrected chi connectivity index (χ0v) is 17.8. The van der Waals surface area contributed by atoms with Crippen LogP contribution in [-0.4, -0.2) is 10.2 Å². The summed E-state index contributed by atoms with van der Waals surface area (Å²) in [5.41, 5.74) is 3.47. The fourth-order valence-electron chi connectivity index (χ4n) is 3.07. The smallest absolute Gasteiger partial charge is 0.270 e. The van der Waals surface area contributed by atoms with Gasteiger partial charge < -0.3 is 4.74 Å². The Morgan fingerprint density at radius 2 is 1.83 bits per heavy atom. The van der Waals surface area contributed by atoms with Crippen LogP contribution in [0.1, 0.15) is 16.7 Å². The number of thioether (sulfide) groups is 1. The van der Waals surface area contributed by atoms with Gasteiger partial charge in [0.2, 0.25) is 0 Å². The molecule has 1 aliphatic heterocycles. The molecule has 1 saturated heterocycles. The van der Waals surface area contributed by atoms with Crippen molar-refractivity contribution in [2.24, 2.45) is 0 Å². The number of halogens is 1. The molecule has 1 amide bonds. The first-order valence-electron chi connectivity index (χ1n) is 9.32. The van der Waals surface area contributed by atoms with Crippen molar-refractivity contribution in [3.8, 4) is 5.75 Å². The molecule has 0 bridgehead atoms. The number of thiocarbonyl (C=S) groups is 1. The van der Waals surface area contributed by atoms with Crippen molar-refractivity contribution in [1.29, 1.82) is 0 Å². The van der Waals surface area contributed by atoms with Crippen molar-refractivity contribution in [3.63, 3.8) is 0 Å². The van der Waals surface area contributed by atoms with Gasteiger partial charge in [-0.2, -0.15) is 0 Å². The van der Waals surface area contributed by atoms with Crippen molar-refractivity contribution < 1.29 is 13.9 Å². The maximum atomic E-state index is 13.1. The molecule has 0 N–H and O–H groups in total. The minimum atomic E-state index is -0.283. The lowest BCUT2D eigenvalue weighted by Gasteiger charge is -2.15. The molecule has 3 aromatic carbocycles. The van der Waals surface area contributed by atoms with Crippen molar-refractivity contribution in [2.75, 3.05) is 4.90 Å². The maximum Gasteiger partial charge on any atom is 0.270 e. The fraction of sp³-hybridized carbons (Fsp3) is 0.0833. The Labute approximate surface area is 184 Å². The van der Waals surface area contributed by atoms with Crippen LogP contribution in [0.25, 0.3) is 6.08 Å². The van der Waals surface area contributed by atoms with Gasteiger partial charge in [-0.05, 0) is 54.5 Å². The molecule has 1 fully saturated rings. The van der Waals surface area contributed by atoms with Gasteiger partial charge in [-0.3, -0.25) is 9.69 Å². The highest BCUT2D eigenvalue weighted by atomic mass is 32.2. The molecule has 0 unspecified atom stereocenters. The number of rotatable bonds is 5. The molecule has 0 aromatic heterocycles. The first-order chi connectivity index (χ1) is 14.5. The number of aryl methyl sites for hydroxylation is 1. The Bertz CT molecular complexity index is 1140. The molecule has 0 atom stereocenters. The zero-order chi connectivity index (χ0) is 21.1. The summed E-state index contributed by atoms with van der Waals surface area (Å²) in [5, 5.41) is 0. The molecular formula is C24H18FNO2S2. The maximum absolute atomic E-state index is 13.1. The van der Waals surface area contributed by atoms with E-state index >= 15 is 0 Å². The van der Waals surface area contributed by atoms with E-state index in [-0.39, 0.29) is 11.7 Å². The van der Waals surface area contributed by atoms with E-state index in [0.29, 0.717) is 21.6 Å². The summed E-state index contributed by atoms with van der Waals surface area (Å²) < 4.78 is 19.5. The standard InChI is InChI=1S/C24H18FNO2S2/c1-16-5-4-7-20(13-16)26-23(27)22(30-24(26)29)14-18-6-2-3-8-21(18)28-15-17-9-11-19(25)12-10-17/h2-14H,15H2,1H3/b22-14+. The van der Waals surface area contributed by atoms with Crippen LogP contribution in [0.4, 0.5) is 10.1 Å². The summed E-state index contributed by atoms with van der Waals surface area (Å²) in [6.45, 7) is 2.28. The molecule has 1 heterocycles. The van der Waals surface area contributed by atoms with Gasteiger partial charge in [0.05, 0.1) is 10.6 Å². The fourth-order valence-corrected chi connectivity index (χ4v) is 4.36. The number of benzene rings is 3. The lowest BCUT2D eigenvalue weighted by Crippen LogP contribution is -2.27. The first kappa shape index (κ1) is 20.3. The van der Waals surface area contributed by atoms with E-state index in [1.165, 1.54) is 23.9 Å². The molecule has 30 heavy (non-hydrogen) atoms. The van der Waals surface area contributed by atoms with Gasteiger partial charge in [0.1, 0.15) is 18.2 Å². The molecule has 0 spiro atoms. The lowest BCUT2D eigenvalue weighted by molar-refractivity contribution is -0.113. The predicted octanol–water partition coefficient (Wildman–Crippen LogP) is 6.12. The quantitative estimate of drug-likeness (QED) is 0.357. The number of anilines is 1. The first-order valence-corrected chi connectivity index (χ1v) is 10.5. The van der Waals surface area contributed by atoms with Gasteiger partial charge in [-0.15, -0.1) is 0 Å². The molecule has 6 heteroatoms. The highest BCUT2D eigenvalue weighted by molar-refractivity contribution is 8.27. The summed E-state index contributed by atoms with van der Waals surface area (Å²) in [7, 11) is 0. The molecule has 1 aliphatic rings. The lowest BCUT2D eigenvalue weighted by atomic mass is 10.1. The second-order valence-electron chi connectivity index (χ2n) is 6.81. The third-order valence-electron chi connectivity index (χ3n) is 4.57. The van der Waals surface area contributed by atoms with Crippen molar-refractivity contribution in [1.82, 2.24) is 0 Å². The summed E-state index contributed by atoms with van der Waals surface area (Å²) in [6, 6.07) is 21.4. The van der Waals surface area contributed by atoms with Gasteiger partial charge in [0, 0.05) is 5.56 Å². The average molecular weight is 436 g/mol. The number of carbonyl (C=O) groups is 1. The number of nitrogens with zero attached hydrogens (tertiary/aromatic N) is 1. The van der Waals surface area contributed by atoms with E-state index in [2.05, 4.69) is 0 Å². The van der Waals surface area contributed by atoms with Crippen LogP contribution in [0.3, 0.4) is 0 Å². The number of para-hydroxylation sites is 1. The van der Waals surface area contributed by atoms with Gasteiger partial charge in [-0.25, -0.2) is 4.39 Å². The second kappa shape index (κ2) is 8.81. The predicted molar refractivity (Wildman–Crippen MR) is 124 cm³/mol. The number of hydrogen-bond donors (Lipinski definition) is 0. The van der Waals surface area contributed by atoms with Crippen LogP contribution in [-0.2, 0) is 11.4 Å². The Balaban J connectivity index is 1.57. The molecule has 0 radical (unpaired) electrons. The summed E-state index contributed by atoms with van der Waals surface area (Å²) >= 11 is 6.73. The minimum Gasteiger partial charge on any atom is -0.488 e. The van der Waals surface area contributed by atoms with E-state index in [0.717, 1.165) is 22.4 Å². The van der Waals surface area contributed by atoms with Crippen molar-refractivity contribution in [2.45, 2.75) is 13.5 Å². The number of carbonyl (C=O) groups excluding carboxylic acids is 1. The summed E-state index contributed by atoms with van der Waals surface area (Å²) in [5.74, 6) is 0.210. The third-order valence-corrected chi connectivity index (χ3v) is 5.87. The van der Waals surface area contributed by atoms with Crippen LogP contribution in [0.2, 0.25) is 0 Å². The Hall–Kier alpha value is -2.96. The molecule has 4 rings (SSSR count). The highest BCUT2D eigenvalue weighted by Crippen LogP contribution is 2.37. The SMILES string of the molecule is Cc1cccc(N2C(=O)/C(=C\c3ccccc3OCc3ccc(F)cc3)SC2=S)c1.